The number of halogens is 1. The number of nitrogens with one attached hydrogen (secondary N) is 1. The van der Waals surface area contributed by atoms with E-state index < -0.39 is 0 Å². The summed E-state index contributed by atoms with van der Waals surface area (Å²) >= 11 is 5.10. The Hall–Kier alpha value is -1.26. The second-order valence-electron chi connectivity index (χ2n) is 3.76. The molecule has 2 aromatic carbocycles. The molecule has 0 heterocycles. The van der Waals surface area contributed by atoms with Crippen molar-refractivity contribution in [2.45, 2.75) is 16.7 Å². The highest BCUT2D eigenvalue weighted by molar-refractivity contribution is 9.10. The molecule has 0 aromatic heterocycles. The fourth-order valence-corrected chi connectivity index (χ4v) is 2.53. The molecule has 0 bridgehead atoms. The van der Waals surface area contributed by atoms with Crippen LogP contribution in [0, 0.1) is 0 Å². The Morgan fingerprint density at radius 1 is 1.00 bits per heavy atom. The largest absolute Gasteiger partial charge is 0.326 e. The van der Waals surface area contributed by atoms with E-state index in [1.54, 1.807) is 11.8 Å². The van der Waals surface area contributed by atoms with Gasteiger partial charge in [-0.15, -0.1) is 0 Å². The Balaban J connectivity index is 2.06. The van der Waals surface area contributed by atoms with Gasteiger partial charge in [-0.2, -0.15) is 0 Å². The average molecular weight is 322 g/mol. The number of benzene rings is 2. The topological polar surface area (TPSA) is 29.1 Å². The zero-order valence-electron chi connectivity index (χ0n) is 9.81. The summed E-state index contributed by atoms with van der Waals surface area (Å²) in [6.45, 7) is 1.50. The van der Waals surface area contributed by atoms with Crippen molar-refractivity contribution in [3.63, 3.8) is 0 Å². The molecule has 0 saturated heterocycles. The van der Waals surface area contributed by atoms with Crippen LogP contribution in [0.5, 0.6) is 0 Å². The lowest BCUT2D eigenvalue weighted by Crippen LogP contribution is -2.05. The van der Waals surface area contributed by atoms with Crippen molar-refractivity contribution >= 4 is 39.3 Å². The predicted octanol–water partition coefficient (Wildman–Crippen LogP) is 4.56. The number of rotatable bonds is 3. The minimum absolute atomic E-state index is 0.0525. The highest BCUT2D eigenvalue weighted by Crippen LogP contribution is 2.29. The van der Waals surface area contributed by atoms with Crippen LogP contribution < -0.4 is 5.32 Å². The molecular formula is C14H12BrNOS. The molecule has 0 saturated carbocycles. The van der Waals surface area contributed by atoms with E-state index in [1.165, 1.54) is 11.8 Å². The van der Waals surface area contributed by atoms with E-state index in [0.717, 1.165) is 15.1 Å². The molecule has 4 heteroatoms. The maximum absolute atomic E-state index is 10.9. The number of carbonyl (C=O) groups is 1. The summed E-state index contributed by atoms with van der Waals surface area (Å²) in [7, 11) is 0. The normalized spacial score (nSPS) is 10.1. The fourth-order valence-electron chi connectivity index (χ4n) is 1.45. The first-order valence-electron chi connectivity index (χ1n) is 5.44. The molecule has 1 N–H and O–H groups in total. The molecule has 0 aliphatic rings. The standard InChI is InChI=1S/C14H12BrNOS/c1-10(17)16-12-4-8-14(9-5-12)18-13-6-2-11(15)3-7-13/h2-9H,1H3,(H,16,17). The number of carbonyl (C=O) groups excluding carboxylic acids is 1. The molecule has 0 fully saturated rings. The van der Waals surface area contributed by atoms with E-state index in [2.05, 4.69) is 33.4 Å². The average Bonchev–Trinajstić information content (AvgIpc) is 2.34. The summed E-state index contributed by atoms with van der Waals surface area (Å²) in [6.07, 6.45) is 0. The van der Waals surface area contributed by atoms with Crippen LogP contribution in [0.4, 0.5) is 5.69 Å². The monoisotopic (exact) mass is 321 g/mol. The third kappa shape index (κ3) is 3.89. The smallest absolute Gasteiger partial charge is 0.221 e. The van der Waals surface area contributed by atoms with Gasteiger partial charge in [-0.25, -0.2) is 0 Å². The Labute approximate surface area is 119 Å². The van der Waals surface area contributed by atoms with Gasteiger partial charge in [0.15, 0.2) is 0 Å². The molecule has 92 valence electrons. The van der Waals surface area contributed by atoms with Crippen LogP contribution in [0.15, 0.2) is 62.8 Å². The minimum Gasteiger partial charge on any atom is -0.326 e. The Kier molecular flexibility index (Phi) is 4.44. The van der Waals surface area contributed by atoms with Crippen molar-refractivity contribution in [3.05, 3.63) is 53.0 Å². The first-order valence-corrected chi connectivity index (χ1v) is 7.05. The van der Waals surface area contributed by atoms with Gasteiger partial charge in [0, 0.05) is 26.9 Å². The summed E-state index contributed by atoms with van der Waals surface area (Å²) in [5.74, 6) is -0.0525. The number of amides is 1. The first-order chi connectivity index (χ1) is 8.63. The molecule has 2 aromatic rings. The molecule has 18 heavy (non-hydrogen) atoms. The lowest BCUT2D eigenvalue weighted by Gasteiger charge is -2.04. The third-order valence-corrected chi connectivity index (χ3v) is 3.77. The molecule has 2 rings (SSSR count). The van der Waals surface area contributed by atoms with E-state index in [1.807, 2.05) is 36.4 Å². The maximum Gasteiger partial charge on any atom is 0.221 e. The minimum atomic E-state index is -0.0525. The highest BCUT2D eigenvalue weighted by atomic mass is 79.9. The number of hydrogen-bond acceptors (Lipinski definition) is 2. The lowest BCUT2D eigenvalue weighted by atomic mass is 10.3. The van der Waals surface area contributed by atoms with Crippen molar-refractivity contribution in [1.82, 2.24) is 0 Å². The van der Waals surface area contributed by atoms with E-state index in [0.29, 0.717) is 0 Å². The quantitative estimate of drug-likeness (QED) is 0.897. The lowest BCUT2D eigenvalue weighted by molar-refractivity contribution is -0.114. The van der Waals surface area contributed by atoms with Gasteiger partial charge in [0.05, 0.1) is 0 Å². The molecular weight excluding hydrogens is 310 g/mol. The summed E-state index contributed by atoms with van der Waals surface area (Å²) in [5, 5.41) is 2.75. The Morgan fingerprint density at radius 3 is 2.00 bits per heavy atom. The van der Waals surface area contributed by atoms with Gasteiger partial charge >= 0.3 is 0 Å². The van der Waals surface area contributed by atoms with Gasteiger partial charge < -0.3 is 5.32 Å². The van der Waals surface area contributed by atoms with Gasteiger partial charge in [-0.1, -0.05) is 27.7 Å². The van der Waals surface area contributed by atoms with Crippen molar-refractivity contribution in [2.75, 3.05) is 5.32 Å². The van der Waals surface area contributed by atoms with Crippen LogP contribution >= 0.6 is 27.7 Å². The zero-order valence-corrected chi connectivity index (χ0v) is 12.2. The molecule has 0 spiro atoms. The van der Waals surface area contributed by atoms with E-state index in [4.69, 9.17) is 0 Å². The molecule has 0 aliphatic carbocycles. The second kappa shape index (κ2) is 6.07. The van der Waals surface area contributed by atoms with Gasteiger partial charge in [-0.3, -0.25) is 4.79 Å². The summed E-state index contributed by atoms with van der Waals surface area (Å²) in [4.78, 5) is 13.2. The second-order valence-corrected chi connectivity index (χ2v) is 5.82. The van der Waals surface area contributed by atoms with Crippen molar-refractivity contribution in [1.29, 1.82) is 0 Å². The van der Waals surface area contributed by atoms with Crippen LogP contribution in [0.2, 0.25) is 0 Å². The molecule has 0 atom stereocenters. The zero-order chi connectivity index (χ0) is 13.0. The molecule has 2 nitrogen and oxygen atoms in total. The molecule has 0 aliphatic heterocycles. The predicted molar refractivity (Wildman–Crippen MR) is 79.0 cm³/mol. The molecule has 0 unspecified atom stereocenters. The van der Waals surface area contributed by atoms with Crippen LogP contribution in [0.3, 0.4) is 0 Å². The third-order valence-electron chi connectivity index (χ3n) is 2.22. The number of hydrogen-bond donors (Lipinski definition) is 1. The van der Waals surface area contributed by atoms with Crippen molar-refractivity contribution in [2.24, 2.45) is 0 Å². The van der Waals surface area contributed by atoms with Gasteiger partial charge in [0.2, 0.25) is 5.91 Å². The van der Waals surface area contributed by atoms with Gasteiger partial charge in [0.1, 0.15) is 0 Å². The van der Waals surface area contributed by atoms with Crippen molar-refractivity contribution < 1.29 is 4.79 Å². The van der Waals surface area contributed by atoms with Crippen LogP contribution in [0.25, 0.3) is 0 Å². The van der Waals surface area contributed by atoms with Gasteiger partial charge in [0.25, 0.3) is 0 Å². The first kappa shape index (κ1) is 13.2. The van der Waals surface area contributed by atoms with Crippen LogP contribution in [-0.4, -0.2) is 5.91 Å². The fraction of sp³-hybridized carbons (Fsp3) is 0.0714. The summed E-state index contributed by atoms with van der Waals surface area (Å²) < 4.78 is 1.08. The van der Waals surface area contributed by atoms with Crippen LogP contribution in [-0.2, 0) is 4.79 Å². The van der Waals surface area contributed by atoms with Gasteiger partial charge in [-0.05, 0) is 48.5 Å². The SMILES string of the molecule is CC(=O)Nc1ccc(Sc2ccc(Br)cc2)cc1. The number of anilines is 1. The molecule has 1 amide bonds. The Morgan fingerprint density at radius 2 is 1.50 bits per heavy atom. The van der Waals surface area contributed by atoms with E-state index in [-0.39, 0.29) is 5.91 Å². The van der Waals surface area contributed by atoms with Crippen LogP contribution in [0.1, 0.15) is 6.92 Å². The maximum atomic E-state index is 10.9. The molecule has 0 radical (unpaired) electrons. The highest BCUT2D eigenvalue weighted by Gasteiger charge is 1.99. The summed E-state index contributed by atoms with van der Waals surface area (Å²) in [6, 6.07) is 16.0. The summed E-state index contributed by atoms with van der Waals surface area (Å²) in [5.41, 5.74) is 0.822. The Bertz CT molecular complexity index is 537. The van der Waals surface area contributed by atoms with Crippen molar-refractivity contribution in [3.8, 4) is 0 Å². The van der Waals surface area contributed by atoms with E-state index >= 15 is 0 Å². The van der Waals surface area contributed by atoms with E-state index in [9.17, 15) is 4.79 Å².